The van der Waals surface area contributed by atoms with Crippen molar-refractivity contribution in [1.29, 1.82) is 5.26 Å². The Morgan fingerprint density at radius 1 is 1.35 bits per heavy atom. The lowest BCUT2D eigenvalue weighted by molar-refractivity contribution is -0.115. The molecule has 6 nitrogen and oxygen atoms in total. The number of benzene rings is 1. The van der Waals surface area contributed by atoms with Crippen molar-refractivity contribution in [1.82, 2.24) is 0 Å². The van der Waals surface area contributed by atoms with Crippen molar-refractivity contribution >= 4 is 23.3 Å². The van der Waals surface area contributed by atoms with Crippen molar-refractivity contribution in [3.63, 3.8) is 0 Å². The molecule has 2 N–H and O–H groups in total. The molecule has 0 saturated carbocycles. The van der Waals surface area contributed by atoms with Gasteiger partial charge in [0.2, 0.25) is 5.91 Å². The molecule has 1 rings (SSSR count). The summed E-state index contributed by atoms with van der Waals surface area (Å²) in [6.45, 7) is 5.27. The number of nitrogens with zero attached hydrogens (tertiary/aromatic N) is 2. The molecular formula is C14H17N3O3. The summed E-state index contributed by atoms with van der Waals surface area (Å²) in [7, 11) is 0. The van der Waals surface area contributed by atoms with Gasteiger partial charge in [0.25, 0.3) is 0 Å². The Labute approximate surface area is 117 Å². The fourth-order valence-electron chi connectivity index (χ4n) is 1.90. The van der Waals surface area contributed by atoms with Crippen molar-refractivity contribution in [2.45, 2.75) is 20.3 Å². The zero-order valence-corrected chi connectivity index (χ0v) is 11.5. The normalized spacial score (nSPS) is 9.65. The topological polar surface area (TPSA) is 93.4 Å². The predicted molar refractivity (Wildman–Crippen MR) is 75.8 cm³/mol. The van der Waals surface area contributed by atoms with Crippen LogP contribution in [0.4, 0.5) is 11.4 Å². The Kier molecular flexibility index (Phi) is 5.54. The number of carbonyl (C=O) groups excluding carboxylic acids is 1. The number of nitrogens with one attached hydrogen (secondary N) is 1. The molecular weight excluding hydrogens is 258 g/mol. The molecule has 6 heteroatoms. The zero-order valence-electron chi connectivity index (χ0n) is 11.5. The molecule has 1 aromatic carbocycles. The molecule has 0 spiro atoms. The molecule has 0 aliphatic carbocycles. The average molecular weight is 275 g/mol. The molecule has 0 aliphatic rings. The molecule has 0 fully saturated rings. The molecule has 0 heterocycles. The van der Waals surface area contributed by atoms with Crippen molar-refractivity contribution in [3.05, 3.63) is 23.8 Å². The summed E-state index contributed by atoms with van der Waals surface area (Å²) in [5.74, 6) is -1.51. The Balaban J connectivity index is 3.10. The third-order valence-electron chi connectivity index (χ3n) is 2.85. The molecule has 106 valence electrons. The van der Waals surface area contributed by atoms with Gasteiger partial charge in [0, 0.05) is 18.8 Å². The van der Waals surface area contributed by atoms with Crippen molar-refractivity contribution in [2.75, 3.05) is 23.3 Å². The van der Waals surface area contributed by atoms with E-state index in [1.165, 1.54) is 6.07 Å². The molecule has 20 heavy (non-hydrogen) atoms. The summed E-state index contributed by atoms with van der Waals surface area (Å²) >= 11 is 0. The van der Waals surface area contributed by atoms with Gasteiger partial charge in [-0.3, -0.25) is 4.79 Å². The second-order valence-corrected chi connectivity index (χ2v) is 4.09. The maximum atomic E-state index is 11.3. The molecule has 0 atom stereocenters. The zero-order chi connectivity index (χ0) is 15.1. The van der Waals surface area contributed by atoms with E-state index in [1.807, 2.05) is 18.7 Å². The fraction of sp³-hybridized carbons (Fsp3) is 0.357. The summed E-state index contributed by atoms with van der Waals surface area (Å²) in [5.41, 5.74) is 1.11. The van der Waals surface area contributed by atoms with Gasteiger partial charge in [-0.25, -0.2) is 4.79 Å². The van der Waals surface area contributed by atoms with Gasteiger partial charge >= 0.3 is 5.97 Å². The third-order valence-corrected chi connectivity index (χ3v) is 2.85. The van der Waals surface area contributed by atoms with Gasteiger partial charge in [-0.15, -0.1) is 0 Å². The van der Waals surface area contributed by atoms with E-state index in [-0.39, 0.29) is 12.0 Å². The minimum atomic E-state index is -1.05. The second-order valence-electron chi connectivity index (χ2n) is 4.09. The smallest absolute Gasteiger partial charge is 0.337 e. The summed E-state index contributed by atoms with van der Waals surface area (Å²) < 4.78 is 0. The number of nitriles is 1. The highest BCUT2D eigenvalue weighted by Gasteiger charge is 2.15. The first-order valence-electron chi connectivity index (χ1n) is 6.32. The minimum Gasteiger partial charge on any atom is -0.478 e. The number of anilines is 2. The van der Waals surface area contributed by atoms with Gasteiger partial charge in [-0.05, 0) is 32.0 Å². The maximum absolute atomic E-state index is 11.3. The van der Waals surface area contributed by atoms with Crippen molar-refractivity contribution < 1.29 is 14.7 Å². The number of carboxylic acid groups (broad SMARTS) is 1. The van der Waals surface area contributed by atoms with Gasteiger partial charge < -0.3 is 15.3 Å². The highest BCUT2D eigenvalue weighted by atomic mass is 16.4. The fourth-order valence-corrected chi connectivity index (χ4v) is 1.90. The summed E-state index contributed by atoms with van der Waals surface area (Å²) in [5, 5.41) is 20.2. The summed E-state index contributed by atoms with van der Waals surface area (Å²) in [4.78, 5) is 24.6. The first-order chi connectivity index (χ1) is 9.53. The quantitative estimate of drug-likeness (QED) is 0.829. The highest BCUT2D eigenvalue weighted by Crippen LogP contribution is 2.24. The maximum Gasteiger partial charge on any atom is 0.337 e. The minimum absolute atomic E-state index is 0.128. The van der Waals surface area contributed by atoms with E-state index in [0.29, 0.717) is 24.5 Å². The number of aromatic carboxylic acids is 1. The van der Waals surface area contributed by atoms with Gasteiger partial charge in [0.05, 0.1) is 17.3 Å². The number of amides is 1. The van der Waals surface area contributed by atoms with E-state index >= 15 is 0 Å². The van der Waals surface area contributed by atoms with Crippen LogP contribution < -0.4 is 10.2 Å². The van der Waals surface area contributed by atoms with Crippen LogP contribution in [0.15, 0.2) is 18.2 Å². The number of hydrogen-bond acceptors (Lipinski definition) is 4. The highest BCUT2D eigenvalue weighted by molar-refractivity contribution is 5.98. The molecule has 0 saturated heterocycles. The van der Waals surface area contributed by atoms with Gasteiger partial charge in [-0.2, -0.15) is 5.26 Å². The first kappa shape index (κ1) is 15.5. The van der Waals surface area contributed by atoms with Crippen LogP contribution >= 0.6 is 0 Å². The molecule has 0 bridgehead atoms. The number of carbonyl (C=O) groups is 2. The largest absolute Gasteiger partial charge is 0.478 e. The van der Waals surface area contributed by atoms with E-state index < -0.39 is 11.9 Å². The van der Waals surface area contributed by atoms with Crippen molar-refractivity contribution in [2.24, 2.45) is 0 Å². The number of carboxylic acids is 1. The second kappa shape index (κ2) is 7.14. The molecule has 1 aromatic rings. The molecule has 1 amide bonds. The Morgan fingerprint density at radius 3 is 2.50 bits per heavy atom. The summed E-state index contributed by atoms with van der Waals surface area (Å²) in [6.07, 6.45) is -0.264. The van der Waals surface area contributed by atoms with E-state index in [4.69, 9.17) is 5.26 Å². The third kappa shape index (κ3) is 3.72. The van der Waals surface area contributed by atoms with Crippen LogP contribution in [0.25, 0.3) is 0 Å². The number of hydrogen-bond donors (Lipinski definition) is 2. The lowest BCUT2D eigenvalue weighted by Gasteiger charge is -2.23. The Hall–Kier alpha value is -2.55. The van der Waals surface area contributed by atoms with Gasteiger partial charge in [0.1, 0.15) is 6.42 Å². The monoisotopic (exact) mass is 275 g/mol. The van der Waals surface area contributed by atoms with E-state index in [2.05, 4.69) is 5.32 Å². The molecule has 0 unspecified atom stereocenters. The van der Waals surface area contributed by atoms with E-state index in [9.17, 15) is 14.7 Å². The van der Waals surface area contributed by atoms with E-state index in [1.54, 1.807) is 18.2 Å². The summed E-state index contributed by atoms with van der Waals surface area (Å²) in [6, 6.07) is 6.44. The van der Waals surface area contributed by atoms with Crippen LogP contribution in [0, 0.1) is 11.3 Å². The molecule has 0 aromatic heterocycles. The number of rotatable bonds is 6. The van der Waals surface area contributed by atoms with Gasteiger partial charge in [0.15, 0.2) is 0 Å². The van der Waals surface area contributed by atoms with Gasteiger partial charge in [-0.1, -0.05) is 0 Å². The average Bonchev–Trinajstić information content (AvgIpc) is 2.41. The standard InChI is InChI=1S/C14H17N3O3/c1-3-17(4-2)12-6-5-10(9-11(12)14(19)20)16-13(18)7-8-15/h5-6,9H,3-4,7H2,1-2H3,(H,16,18)(H,19,20). The first-order valence-corrected chi connectivity index (χ1v) is 6.32. The molecule has 0 aliphatic heterocycles. The van der Waals surface area contributed by atoms with Crippen LogP contribution in [-0.4, -0.2) is 30.1 Å². The Bertz CT molecular complexity index is 545. The van der Waals surface area contributed by atoms with Crippen LogP contribution in [-0.2, 0) is 4.79 Å². The lowest BCUT2D eigenvalue weighted by atomic mass is 10.1. The van der Waals surface area contributed by atoms with E-state index in [0.717, 1.165) is 0 Å². The molecule has 0 radical (unpaired) electrons. The SMILES string of the molecule is CCN(CC)c1ccc(NC(=O)CC#N)cc1C(=O)O. The lowest BCUT2D eigenvalue weighted by Crippen LogP contribution is -2.24. The Morgan fingerprint density at radius 2 is 2.00 bits per heavy atom. The van der Waals surface area contributed by atoms with Crippen LogP contribution in [0.1, 0.15) is 30.6 Å². The van der Waals surface area contributed by atoms with Crippen LogP contribution in [0.5, 0.6) is 0 Å². The predicted octanol–water partition coefficient (Wildman–Crippen LogP) is 2.08. The van der Waals surface area contributed by atoms with Crippen molar-refractivity contribution in [3.8, 4) is 6.07 Å². The van der Waals surface area contributed by atoms with Crippen LogP contribution in [0.3, 0.4) is 0 Å². The van der Waals surface area contributed by atoms with Crippen LogP contribution in [0.2, 0.25) is 0 Å².